The van der Waals surface area contributed by atoms with Gasteiger partial charge in [0.15, 0.2) is 5.82 Å². The van der Waals surface area contributed by atoms with Crippen molar-refractivity contribution >= 4 is 0 Å². The van der Waals surface area contributed by atoms with Gasteiger partial charge in [-0.25, -0.2) is 0 Å². The third kappa shape index (κ3) is 2.73. The number of ether oxygens (including phenoxy) is 1. The average Bonchev–Trinajstić information content (AvgIpc) is 2.79. The summed E-state index contributed by atoms with van der Waals surface area (Å²) < 4.78 is 5.45. The van der Waals surface area contributed by atoms with Crippen LogP contribution in [0.4, 0.5) is 0 Å². The minimum atomic E-state index is 0.325. The van der Waals surface area contributed by atoms with Crippen LogP contribution in [0, 0.1) is 0 Å². The molecule has 1 aliphatic rings. The highest BCUT2D eigenvalue weighted by molar-refractivity contribution is 4.84. The van der Waals surface area contributed by atoms with E-state index in [4.69, 9.17) is 4.74 Å². The smallest absolute Gasteiger partial charge is 0.188 e. The van der Waals surface area contributed by atoms with Crippen molar-refractivity contribution in [2.24, 2.45) is 0 Å². The fourth-order valence-electron chi connectivity index (χ4n) is 2.09. The first-order chi connectivity index (χ1) is 7.40. The number of nitrogens with one attached hydrogen (secondary N) is 2. The molecule has 0 spiro atoms. The summed E-state index contributed by atoms with van der Waals surface area (Å²) in [5.74, 6) is 0.704. The quantitative estimate of drug-likeness (QED) is 0.746. The molecule has 6 heteroatoms. The molecule has 1 heterocycles. The van der Waals surface area contributed by atoms with E-state index >= 15 is 0 Å². The van der Waals surface area contributed by atoms with Gasteiger partial charge >= 0.3 is 0 Å². The van der Waals surface area contributed by atoms with E-state index in [0.29, 0.717) is 24.5 Å². The van der Waals surface area contributed by atoms with Gasteiger partial charge in [-0.1, -0.05) is 18.1 Å². The molecule has 2 atom stereocenters. The summed E-state index contributed by atoms with van der Waals surface area (Å²) in [5.41, 5.74) is 0. The van der Waals surface area contributed by atoms with Crippen molar-refractivity contribution in [3.8, 4) is 0 Å². The van der Waals surface area contributed by atoms with Crippen LogP contribution < -0.4 is 5.32 Å². The molecular weight excluding hydrogens is 194 g/mol. The zero-order valence-electron chi connectivity index (χ0n) is 8.94. The molecular formula is C9H17N5O. The molecule has 0 radical (unpaired) electrons. The first-order valence-electron chi connectivity index (χ1n) is 5.38. The number of aromatic nitrogens is 4. The van der Waals surface area contributed by atoms with Crippen molar-refractivity contribution in [3.05, 3.63) is 5.82 Å². The molecule has 0 saturated heterocycles. The van der Waals surface area contributed by atoms with Crippen LogP contribution in [-0.2, 0) is 11.3 Å². The second-order valence-electron chi connectivity index (χ2n) is 3.87. The summed E-state index contributed by atoms with van der Waals surface area (Å²) in [7, 11) is 1.78. The second-order valence-corrected chi connectivity index (χ2v) is 3.87. The van der Waals surface area contributed by atoms with E-state index in [1.54, 1.807) is 7.11 Å². The largest absolute Gasteiger partial charge is 0.380 e. The number of hydrogen-bond donors (Lipinski definition) is 2. The number of hydrogen-bond acceptors (Lipinski definition) is 5. The predicted octanol–water partition coefficient (Wildman–Crippen LogP) is 0.247. The van der Waals surface area contributed by atoms with Crippen molar-refractivity contribution in [3.63, 3.8) is 0 Å². The van der Waals surface area contributed by atoms with Gasteiger partial charge in [-0.2, -0.15) is 5.21 Å². The van der Waals surface area contributed by atoms with Gasteiger partial charge in [-0.15, -0.1) is 10.2 Å². The number of methoxy groups -OCH3 is 1. The van der Waals surface area contributed by atoms with Crippen LogP contribution in [0.1, 0.15) is 31.5 Å². The van der Waals surface area contributed by atoms with Crippen molar-refractivity contribution in [1.82, 2.24) is 25.9 Å². The molecule has 1 aromatic heterocycles. The van der Waals surface area contributed by atoms with Crippen LogP contribution >= 0.6 is 0 Å². The van der Waals surface area contributed by atoms with E-state index in [1.165, 1.54) is 12.8 Å². The summed E-state index contributed by atoms with van der Waals surface area (Å²) >= 11 is 0. The zero-order valence-corrected chi connectivity index (χ0v) is 8.94. The van der Waals surface area contributed by atoms with Gasteiger partial charge in [-0.3, -0.25) is 0 Å². The van der Waals surface area contributed by atoms with E-state index in [2.05, 4.69) is 25.9 Å². The monoisotopic (exact) mass is 211 g/mol. The number of tetrazole rings is 1. The van der Waals surface area contributed by atoms with E-state index in [0.717, 1.165) is 12.8 Å². The molecule has 0 aromatic carbocycles. The molecule has 2 unspecified atom stereocenters. The molecule has 0 aliphatic heterocycles. The molecule has 2 N–H and O–H groups in total. The van der Waals surface area contributed by atoms with Gasteiger partial charge in [0.25, 0.3) is 0 Å². The molecule has 0 bridgehead atoms. The van der Waals surface area contributed by atoms with Crippen LogP contribution in [0.5, 0.6) is 0 Å². The first kappa shape index (κ1) is 10.5. The third-order valence-corrected chi connectivity index (χ3v) is 2.92. The van der Waals surface area contributed by atoms with E-state index < -0.39 is 0 Å². The summed E-state index contributed by atoms with van der Waals surface area (Å²) in [5, 5.41) is 17.2. The van der Waals surface area contributed by atoms with Crippen molar-refractivity contribution in [2.45, 2.75) is 44.4 Å². The van der Waals surface area contributed by atoms with Crippen molar-refractivity contribution in [1.29, 1.82) is 0 Å². The molecule has 1 aliphatic carbocycles. The van der Waals surface area contributed by atoms with Crippen LogP contribution in [-0.4, -0.2) is 39.9 Å². The minimum Gasteiger partial charge on any atom is -0.380 e. The highest BCUT2D eigenvalue weighted by Gasteiger charge is 2.24. The molecule has 1 fully saturated rings. The molecule has 15 heavy (non-hydrogen) atoms. The number of H-pyrrole nitrogens is 1. The average molecular weight is 211 g/mol. The second kappa shape index (κ2) is 5.18. The van der Waals surface area contributed by atoms with E-state index in [9.17, 15) is 0 Å². The lowest BCUT2D eigenvalue weighted by molar-refractivity contribution is 0.0410. The Morgan fingerprint density at radius 3 is 3.07 bits per heavy atom. The standard InChI is InChI=1S/C9H17N5O/c1-15-8-5-3-2-4-7(8)10-6-9-11-13-14-12-9/h7-8,10H,2-6H2,1H3,(H,11,12,13,14). The molecule has 0 amide bonds. The Kier molecular flexibility index (Phi) is 3.63. The molecule has 2 rings (SSSR count). The Morgan fingerprint density at radius 2 is 2.33 bits per heavy atom. The lowest BCUT2D eigenvalue weighted by Crippen LogP contribution is -2.42. The summed E-state index contributed by atoms with van der Waals surface area (Å²) in [6, 6.07) is 0.419. The van der Waals surface area contributed by atoms with Crippen LogP contribution in [0.3, 0.4) is 0 Å². The Morgan fingerprint density at radius 1 is 1.47 bits per heavy atom. The Bertz CT molecular complexity index is 276. The maximum Gasteiger partial charge on any atom is 0.188 e. The zero-order chi connectivity index (χ0) is 10.5. The first-order valence-corrected chi connectivity index (χ1v) is 5.38. The topological polar surface area (TPSA) is 75.7 Å². The van der Waals surface area contributed by atoms with E-state index in [-0.39, 0.29) is 0 Å². The highest BCUT2D eigenvalue weighted by atomic mass is 16.5. The van der Waals surface area contributed by atoms with Crippen molar-refractivity contribution in [2.75, 3.05) is 7.11 Å². The van der Waals surface area contributed by atoms with Gasteiger partial charge in [0, 0.05) is 13.2 Å². The van der Waals surface area contributed by atoms with E-state index in [1.807, 2.05) is 0 Å². The fourth-order valence-corrected chi connectivity index (χ4v) is 2.09. The number of nitrogens with zero attached hydrogens (tertiary/aromatic N) is 3. The van der Waals surface area contributed by atoms with Gasteiger partial charge in [-0.05, 0) is 12.8 Å². The SMILES string of the molecule is COC1CCCCC1NCc1nn[nH]n1. The predicted molar refractivity (Wildman–Crippen MR) is 54.1 cm³/mol. The lowest BCUT2D eigenvalue weighted by atomic mass is 9.92. The fraction of sp³-hybridized carbons (Fsp3) is 0.889. The Hall–Kier alpha value is -1.01. The summed E-state index contributed by atoms with van der Waals surface area (Å²) in [4.78, 5) is 0. The highest BCUT2D eigenvalue weighted by Crippen LogP contribution is 2.20. The lowest BCUT2D eigenvalue weighted by Gasteiger charge is -2.30. The third-order valence-electron chi connectivity index (χ3n) is 2.92. The Balaban J connectivity index is 1.81. The molecule has 84 valence electrons. The molecule has 1 saturated carbocycles. The normalized spacial score (nSPS) is 26.7. The van der Waals surface area contributed by atoms with Gasteiger partial charge in [0.1, 0.15) is 0 Å². The van der Waals surface area contributed by atoms with Crippen LogP contribution in [0.25, 0.3) is 0 Å². The van der Waals surface area contributed by atoms with Crippen molar-refractivity contribution < 1.29 is 4.74 Å². The minimum absolute atomic E-state index is 0.325. The maximum atomic E-state index is 5.45. The molecule has 1 aromatic rings. The van der Waals surface area contributed by atoms with Crippen LogP contribution in [0.15, 0.2) is 0 Å². The summed E-state index contributed by atoms with van der Waals surface area (Å²) in [6.45, 7) is 0.654. The Labute approximate surface area is 88.8 Å². The van der Waals surface area contributed by atoms with Gasteiger partial charge in [0.05, 0.1) is 12.6 Å². The number of aromatic amines is 1. The molecule has 6 nitrogen and oxygen atoms in total. The van der Waals surface area contributed by atoms with Crippen LogP contribution in [0.2, 0.25) is 0 Å². The van der Waals surface area contributed by atoms with Gasteiger partial charge < -0.3 is 10.1 Å². The summed E-state index contributed by atoms with van der Waals surface area (Å²) in [6.07, 6.45) is 5.16. The van der Waals surface area contributed by atoms with Gasteiger partial charge in [0.2, 0.25) is 0 Å². The number of rotatable bonds is 4. The maximum absolute atomic E-state index is 5.45.